The van der Waals surface area contributed by atoms with Crippen LogP contribution in [0.5, 0.6) is 0 Å². The maximum atomic E-state index is 5.05. The van der Waals surface area contributed by atoms with Crippen molar-refractivity contribution in [2.45, 2.75) is 31.6 Å². The van der Waals surface area contributed by atoms with Crippen LogP contribution in [-0.2, 0) is 5.75 Å². The van der Waals surface area contributed by atoms with Crippen LogP contribution >= 0.6 is 11.8 Å². The van der Waals surface area contributed by atoms with Gasteiger partial charge in [0.2, 0.25) is 5.89 Å². The molecule has 21 heavy (non-hydrogen) atoms. The minimum Gasteiger partial charge on any atom is -0.338 e. The van der Waals surface area contributed by atoms with Gasteiger partial charge in [0.15, 0.2) is 11.6 Å². The van der Waals surface area contributed by atoms with E-state index >= 15 is 0 Å². The van der Waals surface area contributed by atoms with Gasteiger partial charge in [-0.2, -0.15) is 10.1 Å². The first kappa shape index (κ1) is 13.7. The van der Waals surface area contributed by atoms with E-state index in [1.807, 2.05) is 32.0 Å². The summed E-state index contributed by atoms with van der Waals surface area (Å²) in [5.74, 6) is 2.51. The zero-order chi connectivity index (χ0) is 14.8. The highest BCUT2D eigenvalue weighted by atomic mass is 32.2. The van der Waals surface area contributed by atoms with Crippen LogP contribution in [-0.4, -0.2) is 30.1 Å². The summed E-state index contributed by atoms with van der Waals surface area (Å²) in [5, 5.41) is 17.3. The van der Waals surface area contributed by atoms with E-state index in [9.17, 15) is 0 Å². The Labute approximate surface area is 125 Å². The molecule has 0 aromatic carbocycles. The van der Waals surface area contributed by atoms with E-state index in [2.05, 4.69) is 25.4 Å². The van der Waals surface area contributed by atoms with Crippen LogP contribution in [0, 0.1) is 20.8 Å². The maximum Gasteiger partial charge on any atom is 0.237 e. The van der Waals surface area contributed by atoms with Crippen molar-refractivity contribution in [1.82, 2.24) is 30.1 Å². The largest absolute Gasteiger partial charge is 0.338 e. The van der Waals surface area contributed by atoms with Gasteiger partial charge < -0.3 is 4.52 Å². The second-order valence-electron chi connectivity index (χ2n) is 4.59. The van der Waals surface area contributed by atoms with Crippen LogP contribution in [0.4, 0.5) is 0 Å². The molecule has 0 saturated heterocycles. The highest BCUT2D eigenvalue weighted by Gasteiger charge is 2.08. The van der Waals surface area contributed by atoms with Crippen LogP contribution < -0.4 is 0 Å². The third kappa shape index (κ3) is 3.10. The second kappa shape index (κ2) is 5.65. The molecular formula is C13H14N6OS. The SMILES string of the molecule is Cc1cc(C)n(-c2ccc(SCc3nc(C)no3)nn2)n1. The number of hydrogen-bond donors (Lipinski definition) is 0. The molecule has 0 saturated carbocycles. The van der Waals surface area contributed by atoms with Gasteiger partial charge in [0.25, 0.3) is 0 Å². The first-order valence-corrected chi connectivity index (χ1v) is 7.40. The van der Waals surface area contributed by atoms with Crippen molar-refractivity contribution >= 4 is 11.8 Å². The zero-order valence-corrected chi connectivity index (χ0v) is 12.8. The normalized spacial score (nSPS) is 11.0. The van der Waals surface area contributed by atoms with E-state index in [0.29, 0.717) is 23.3 Å². The van der Waals surface area contributed by atoms with Crippen LogP contribution in [0.1, 0.15) is 23.1 Å². The first-order chi connectivity index (χ1) is 10.1. The molecule has 0 spiro atoms. The smallest absolute Gasteiger partial charge is 0.237 e. The molecule has 108 valence electrons. The van der Waals surface area contributed by atoms with Crippen LogP contribution in [0.15, 0.2) is 27.7 Å². The summed E-state index contributed by atoms with van der Waals surface area (Å²) < 4.78 is 6.83. The average Bonchev–Trinajstić information content (AvgIpc) is 3.03. The van der Waals surface area contributed by atoms with Crippen molar-refractivity contribution in [3.63, 3.8) is 0 Å². The molecular weight excluding hydrogens is 288 g/mol. The average molecular weight is 302 g/mol. The fourth-order valence-electron chi connectivity index (χ4n) is 1.90. The number of thioether (sulfide) groups is 1. The molecule has 0 amide bonds. The first-order valence-electron chi connectivity index (χ1n) is 6.41. The van der Waals surface area contributed by atoms with Crippen molar-refractivity contribution in [3.05, 3.63) is 41.3 Å². The zero-order valence-electron chi connectivity index (χ0n) is 11.9. The fraction of sp³-hybridized carbons (Fsp3) is 0.308. The van der Waals surface area contributed by atoms with Gasteiger partial charge in [-0.1, -0.05) is 16.9 Å². The van der Waals surface area contributed by atoms with E-state index in [1.54, 1.807) is 11.6 Å². The van der Waals surface area contributed by atoms with Crippen molar-refractivity contribution < 1.29 is 4.52 Å². The third-order valence-electron chi connectivity index (χ3n) is 2.77. The summed E-state index contributed by atoms with van der Waals surface area (Å²) in [6.07, 6.45) is 0. The molecule has 7 nitrogen and oxygen atoms in total. The minimum atomic E-state index is 0.578. The maximum absolute atomic E-state index is 5.05. The van der Waals surface area contributed by atoms with Crippen LogP contribution in [0.2, 0.25) is 0 Å². The topological polar surface area (TPSA) is 82.5 Å². The summed E-state index contributed by atoms with van der Waals surface area (Å²) in [5.41, 5.74) is 1.99. The van der Waals surface area contributed by atoms with E-state index in [1.165, 1.54) is 11.8 Å². The predicted octanol–water partition coefficient (Wildman–Crippen LogP) is 2.26. The van der Waals surface area contributed by atoms with Crippen molar-refractivity contribution in [3.8, 4) is 5.82 Å². The van der Waals surface area contributed by atoms with Gasteiger partial charge in [-0.3, -0.25) is 0 Å². The monoisotopic (exact) mass is 302 g/mol. The summed E-state index contributed by atoms with van der Waals surface area (Å²) >= 11 is 1.50. The van der Waals surface area contributed by atoms with E-state index in [-0.39, 0.29) is 0 Å². The molecule has 8 heteroatoms. The molecule has 0 fully saturated rings. The Morgan fingerprint density at radius 3 is 2.62 bits per heavy atom. The summed E-state index contributed by atoms with van der Waals surface area (Å²) in [6, 6.07) is 5.81. The van der Waals surface area contributed by atoms with Crippen molar-refractivity contribution in [2.24, 2.45) is 0 Å². The van der Waals surface area contributed by atoms with Crippen molar-refractivity contribution in [2.75, 3.05) is 0 Å². The highest BCUT2D eigenvalue weighted by Crippen LogP contribution is 2.20. The van der Waals surface area contributed by atoms with E-state index in [0.717, 1.165) is 16.4 Å². The van der Waals surface area contributed by atoms with Crippen LogP contribution in [0.25, 0.3) is 5.82 Å². The Morgan fingerprint density at radius 2 is 2.05 bits per heavy atom. The Hall–Kier alpha value is -2.22. The molecule has 0 N–H and O–H groups in total. The Balaban J connectivity index is 1.70. The number of nitrogens with zero attached hydrogens (tertiary/aromatic N) is 6. The lowest BCUT2D eigenvalue weighted by atomic mass is 10.4. The van der Waals surface area contributed by atoms with Gasteiger partial charge in [0, 0.05) is 5.69 Å². The number of hydrogen-bond acceptors (Lipinski definition) is 7. The number of aromatic nitrogens is 6. The molecule has 3 aromatic heterocycles. The van der Waals surface area contributed by atoms with E-state index in [4.69, 9.17) is 4.52 Å². The summed E-state index contributed by atoms with van der Waals surface area (Å²) in [7, 11) is 0. The Morgan fingerprint density at radius 1 is 1.19 bits per heavy atom. The highest BCUT2D eigenvalue weighted by molar-refractivity contribution is 7.98. The lowest BCUT2D eigenvalue weighted by molar-refractivity contribution is 0.387. The van der Waals surface area contributed by atoms with Gasteiger partial charge in [-0.05, 0) is 39.0 Å². The van der Waals surface area contributed by atoms with Gasteiger partial charge in [-0.15, -0.1) is 10.2 Å². The molecule has 3 aromatic rings. The summed E-state index contributed by atoms with van der Waals surface area (Å²) in [6.45, 7) is 5.73. The second-order valence-corrected chi connectivity index (χ2v) is 5.59. The third-order valence-corrected chi connectivity index (χ3v) is 3.67. The van der Waals surface area contributed by atoms with E-state index < -0.39 is 0 Å². The lowest BCUT2D eigenvalue weighted by Gasteiger charge is -2.03. The fourth-order valence-corrected chi connectivity index (χ4v) is 2.55. The van der Waals surface area contributed by atoms with Gasteiger partial charge >= 0.3 is 0 Å². The van der Waals surface area contributed by atoms with Crippen LogP contribution in [0.3, 0.4) is 0 Å². The molecule has 0 aliphatic carbocycles. The molecule has 3 heterocycles. The van der Waals surface area contributed by atoms with Gasteiger partial charge in [0.1, 0.15) is 5.03 Å². The lowest BCUT2D eigenvalue weighted by Crippen LogP contribution is -2.03. The van der Waals surface area contributed by atoms with Gasteiger partial charge in [-0.25, -0.2) is 4.68 Å². The standard InChI is InChI=1S/C13H14N6OS/c1-8-6-9(2)19(17-8)11-4-5-13(16-15-11)21-7-12-14-10(3)18-20-12/h4-6H,7H2,1-3H3. The number of rotatable bonds is 4. The molecule has 3 rings (SSSR count). The molecule has 0 radical (unpaired) electrons. The molecule has 0 aliphatic rings. The Bertz CT molecular complexity index is 748. The Kier molecular flexibility index (Phi) is 3.70. The summed E-state index contributed by atoms with van der Waals surface area (Å²) in [4.78, 5) is 4.14. The minimum absolute atomic E-state index is 0.578. The predicted molar refractivity (Wildman–Crippen MR) is 77.2 cm³/mol. The van der Waals surface area contributed by atoms with Crippen molar-refractivity contribution in [1.29, 1.82) is 0 Å². The molecule has 0 bridgehead atoms. The number of aryl methyl sites for hydroxylation is 3. The molecule has 0 atom stereocenters. The van der Waals surface area contributed by atoms with Gasteiger partial charge in [0.05, 0.1) is 11.4 Å². The molecule has 0 aliphatic heterocycles. The quantitative estimate of drug-likeness (QED) is 0.683. The molecule has 0 unspecified atom stereocenters.